The normalized spacial score (nSPS) is 12.0. The number of benzene rings is 1. The van der Waals surface area contributed by atoms with Crippen LogP contribution in [-0.2, 0) is 11.2 Å². The molecule has 1 aromatic carbocycles. The summed E-state index contributed by atoms with van der Waals surface area (Å²) in [6, 6.07) is 11.7. The minimum atomic E-state index is -0.283. The van der Waals surface area contributed by atoms with Crippen LogP contribution in [0, 0.1) is 5.82 Å². The van der Waals surface area contributed by atoms with Crippen molar-refractivity contribution >= 4 is 17.2 Å². The van der Waals surface area contributed by atoms with E-state index in [2.05, 4.69) is 9.97 Å². The molecule has 2 aromatic heterocycles. The lowest BCUT2D eigenvalue weighted by molar-refractivity contribution is -0.131. The monoisotopic (exact) mass is 355 g/mol. The first-order valence-corrected chi connectivity index (χ1v) is 8.79. The number of carbonyl (C=O) groups is 1. The summed E-state index contributed by atoms with van der Waals surface area (Å²) in [6.07, 6.45) is 1.95. The molecule has 1 atom stereocenters. The van der Waals surface area contributed by atoms with Gasteiger partial charge in [0.15, 0.2) is 0 Å². The van der Waals surface area contributed by atoms with Crippen molar-refractivity contribution in [3.05, 3.63) is 71.1 Å². The van der Waals surface area contributed by atoms with Gasteiger partial charge in [0.05, 0.1) is 23.9 Å². The van der Waals surface area contributed by atoms with E-state index < -0.39 is 0 Å². The van der Waals surface area contributed by atoms with Crippen LogP contribution in [0.25, 0.3) is 10.7 Å². The summed E-state index contributed by atoms with van der Waals surface area (Å²) < 4.78 is 13.0. The van der Waals surface area contributed by atoms with E-state index in [0.29, 0.717) is 0 Å². The van der Waals surface area contributed by atoms with Crippen molar-refractivity contribution in [2.45, 2.75) is 19.4 Å². The summed E-state index contributed by atoms with van der Waals surface area (Å²) in [5, 5.41) is 2.69. The number of likely N-dealkylation sites (N-methyl/N-ethyl adjacent to an activating group) is 1. The van der Waals surface area contributed by atoms with E-state index in [-0.39, 0.29) is 24.2 Å². The van der Waals surface area contributed by atoms with E-state index >= 15 is 0 Å². The predicted octanol–water partition coefficient (Wildman–Crippen LogP) is 4.11. The zero-order valence-electron chi connectivity index (χ0n) is 14.0. The lowest BCUT2D eigenvalue weighted by atomic mass is 10.1. The number of thiazole rings is 1. The van der Waals surface area contributed by atoms with Crippen LogP contribution in [0.3, 0.4) is 0 Å². The molecule has 128 valence electrons. The van der Waals surface area contributed by atoms with Crippen LogP contribution in [0.5, 0.6) is 0 Å². The summed E-state index contributed by atoms with van der Waals surface area (Å²) in [5.41, 5.74) is 2.43. The molecule has 0 fully saturated rings. The molecule has 0 spiro atoms. The Labute approximate surface area is 150 Å². The van der Waals surface area contributed by atoms with Gasteiger partial charge in [-0.3, -0.25) is 9.78 Å². The number of aromatic nitrogens is 2. The van der Waals surface area contributed by atoms with Crippen molar-refractivity contribution in [3.63, 3.8) is 0 Å². The summed E-state index contributed by atoms with van der Waals surface area (Å²) >= 11 is 1.48. The molecule has 0 saturated carbocycles. The fraction of sp³-hybridized carbons (Fsp3) is 0.211. The van der Waals surface area contributed by atoms with E-state index in [4.69, 9.17) is 0 Å². The van der Waals surface area contributed by atoms with Gasteiger partial charge in [0.2, 0.25) is 5.91 Å². The van der Waals surface area contributed by atoms with Gasteiger partial charge in [-0.2, -0.15) is 0 Å². The lowest BCUT2D eigenvalue weighted by Crippen LogP contribution is -2.31. The van der Waals surface area contributed by atoms with E-state index in [1.807, 2.05) is 30.5 Å². The fourth-order valence-electron chi connectivity index (χ4n) is 2.46. The summed E-state index contributed by atoms with van der Waals surface area (Å²) in [4.78, 5) is 23.0. The SMILES string of the molecule is CC(c1ccc(F)cc1)N(C)C(=O)Cc1csc(-c2ccccn2)n1. The molecule has 0 bridgehead atoms. The van der Waals surface area contributed by atoms with Crippen LogP contribution in [0.4, 0.5) is 4.39 Å². The van der Waals surface area contributed by atoms with E-state index in [9.17, 15) is 9.18 Å². The van der Waals surface area contributed by atoms with Gasteiger partial charge < -0.3 is 4.90 Å². The highest BCUT2D eigenvalue weighted by atomic mass is 32.1. The van der Waals surface area contributed by atoms with Crippen LogP contribution >= 0.6 is 11.3 Å². The Morgan fingerprint density at radius 2 is 2.00 bits per heavy atom. The Hall–Kier alpha value is -2.60. The van der Waals surface area contributed by atoms with Crippen molar-refractivity contribution in [1.29, 1.82) is 0 Å². The lowest BCUT2D eigenvalue weighted by Gasteiger charge is -2.25. The van der Waals surface area contributed by atoms with Crippen LogP contribution in [-0.4, -0.2) is 27.8 Å². The first-order valence-electron chi connectivity index (χ1n) is 7.91. The van der Waals surface area contributed by atoms with Gasteiger partial charge in [-0.1, -0.05) is 18.2 Å². The number of hydrogen-bond donors (Lipinski definition) is 0. The average molecular weight is 355 g/mol. The molecule has 25 heavy (non-hydrogen) atoms. The Morgan fingerprint density at radius 3 is 2.68 bits per heavy atom. The molecule has 0 aliphatic rings. The number of pyridine rings is 1. The third-order valence-electron chi connectivity index (χ3n) is 4.09. The fourth-order valence-corrected chi connectivity index (χ4v) is 3.25. The Bertz CT molecular complexity index is 849. The molecule has 0 aliphatic carbocycles. The third kappa shape index (κ3) is 4.09. The largest absolute Gasteiger partial charge is 0.339 e. The Balaban J connectivity index is 1.67. The smallest absolute Gasteiger partial charge is 0.228 e. The van der Waals surface area contributed by atoms with Crippen molar-refractivity contribution in [1.82, 2.24) is 14.9 Å². The molecular weight excluding hydrogens is 337 g/mol. The number of rotatable bonds is 5. The molecule has 3 aromatic rings. The second kappa shape index (κ2) is 7.53. The third-order valence-corrected chi connectivity index (χ3v) is 5.01. The number of halogens is 1. The van der Waals surface area contributed by atoms with Gasteiger partial charge in [-0.15, -0.1) is 11.3 Å². The molecule has 1 unspecified atom stereocenters. The summed E-state index contributed by atoms with van der Waals surface area (Å²) in [5.74, 6) is -0.316. The topological polar surface area (TPSA) is 46.1 Å². The minimum absolute atomic E-state index is 0.0327. The first kappa shape index (κ1) is 17.2. The van der Waals surface area contributed by atoms with Crippen molar-refractivity contribution < 1.29 is 9.18 Å². The van der Waals surface area contributed by atoms with Gasteiger partial charge in [0.1, 0.15) is 10.8 Å². The van der Waals surface area contributed by atoms with Gasteiger partial charge in [0.25, 0.3) is 0 Å². The number of nitrogens with zero attached hydrogens (tertiary/aromatic N) is 3. The molecule has 3 rings (SSSR count). The van der Waals surface area contributed by atoms with Crippen LogP contribution < -0.4 is 0 Å². The maximum atomic E-state index is 13.0. The quantitative estimate of drug-likeness (QED) is 0.692. The minimum Gasteiger partial charge on any atom is -0.339 e. The molecule has 6 heteroatoms. The van der Waals surface area contributed by atoms with Crippen molar-refractivity contribution in [2.24, 2.45) is 0 Å². The molecular formula is C19H18FN3OS. The van der Waals surface area contributed by atoms with Crippen LogP contribution in [0.1, 0.15) is 24.2 Å². The maximum absolute atomic E-state index is 13.0. The van der Waals surface area contributed by atoms with Gasteiger partial charge in [-0.05, 0) is 36.8 Å². The zero-order valence-corrected chi connectivity index (χ0v) is 14.8. The highest BCUT2D eigenvalue weighted by Gasteiger charge is 2.19. The summed E-state index contributed by atoms with van der Waals surface area (Å²) in [6.45, 7) is 1.92. The van der Waals surface area contributed by atoms with Crippen LogP contribution in [0.2, 0.25) is 0 Å². The standard InChI is InChI=1S/C19H18FN3OS/c1-13(14-6-8-15(20)9-7-14)23(2)18(24)11-16-12-25-19(22-16)17-5-3-4-10-21-17/h3-10,12-13H,11H2,1-2H3. The second-order valence-electron chi connectivity index (χ2n) is 5.77. The van der Waals surface area contributed by atoms with Crippen molar-refractivity contribution in [2.75, 3.05) is 7.05 Å². The molecule has 0 N–H and O–H groups in total. The van der Waals surface area contributed by atoms with Crippen LogP contribution in [0.15, 0.2) is 54.0 Å². The second-order valence-corrected chi connectivity index (χ2v) is 6.63. The number of amides is 1. The van der Waals surface area contributed by atoms with E-state index in [0.717, 1.165) is 22.0 Å². The first-order chi connectivity index (χ1) is 12.0. The van der Waals surface area contributed by atoms with Crippen molar-refractivity contribution in [3.8, 4) is 10.7 Å². The highest BCUT2D eigenvalue weighted by molar-refractivity contribution is 7.13. The van der Waals surface area contributed by atoms with E-state index in [1.165, 1.54) is 23.5 Å². The number of carbonyl (C=O) groups excluding carboxylic acids is 1. The average Bonchev–Trinajstić information content (AvgIpc) is 3.10. The van der Waals surface area contributed by atoms with Gasteiger partial charge >= 0.3 is 0 Å². The molecule has 1 amide bonds. The Morgan fingerprint density at radius 1 is 1.24 bits per heavy atom. The molecule has 4 nitrogen and oxygen atoms in total. The van der Waals surface area contributed by atoms with E-state index in [1.54, 1.807) is 30.3 Å². The van der Waals surface area contributed by atoms with Gasteiger partial charge in [0, 0.05) is 18.6 Å². The summed E-state index contributed by atoms with van der Waals surface area (Å²) in [7, 11) is 1.75. The number of hydrogen-bond acceptors (Lipinski definition) is 4. The Kier molecular flexibility index (Phi) is 5.19. The molecule has 0 radical (unpaired) electrons. The highest BCUT2D eigenvalue weighted by Crippen LogP contribution is 2.23. The predicted molar refractivity (Wildman–Crippen MR) is 96.6 cm³/mol. The molecule has 0 aliphatic heterocycles. The zero-order chi connectivity index (χ0) is 17.8. The molecule has 2 heterocycles. The van der Waals surface area contributed by atoms with Gasteiger partial charge in [-0.25, -0.2) is 9.37 Å². The maximum Gasteiger partial charge on any atom is 0.228 e. The molecule has 0 saturated heterocycles.